The minimum atomic E-state index is 0.137. The number of hydrogen-bond acceptors (Lipinski definition) is 7. The van der Waals surface area contributed by atoms with Gasteiger partial charge in [-0.15, -0.1) is 12.6 Å². The van der Waals surface area contributed by atoms with Crippen LogP contribution < -0.4 is 11.5 Å². The van der Waals surface area contributed by atoms with Crippen molar-refractivity contribution in [3.8, 4) is 0 Å². The molecule has 0 atom stereocenters. The van der Waals surface area contributed by atoms with Crippen molar-refractivity contribution in [1.29, 1.82) is 0 Å². The minimum absolute atomic E-state index is 0.137. The lowest BCUT2D eigenvalue weighted by Crippen LogP contribution is -2.08. The standard InChI is InChI=1S/C12H24.C11H14N2OS2.CH5N.CH4O/c1-2-3-4-6-9-12-10-7-5-8-11-12;1-13(16)6-8-4-2-3-5-9(8)11(15)10(12)7-14;2*1-2/h12H,2-11H2,1H3;2-5,7,15-16H,6,12H2,1H3;2H2,1H3;2H,1H3/b;11-10-;;. The van der Waals surface area contributed by atoms with Gasteiger partial charge in [-0.2, -0.15) is 0 Å². The van der Waals surface area contributed by atoms with Gasteiger partial charge in [-0.1, -0.05) is 108 Å². The van der Waals surface area contributed by atoms with Crippen molar-refractivity contribution in [2.24, 2.45) is 17.4 Å². The average molecular weight is 486 g/mol. The van der Waals surface area contributed by atoms with Gasteiger partial charge in [-0.05, 0) is 31.1 Å². The fraction of sp³-hybridized carbons (Fsp3) is 0.640. The number of aliphatic hydroxyl groups excluding tert-OH is 1. The topological polar surface area (TPSA) is 92.6 Å². The number of unbranched alkanes of at least 4 members (excludes halogenated alkanes) is 3. The van der Waals surface area contributed by atoms with Crippen LogP contribution in [-0.2, 0) is 11.3 Å². The highest BCUT2D eigenvalue weighted by Crippen LogP contribution is 2.28. The van der Waals surface area contributed by atoms with Gasteiger partial charge in [0.25, 0.3) is 0 Å². The zero-order valence-electron chi connectivity index (χ0n) is 20.6. The van der Waals surface area contributed by atoms with Crippen LogP contribution in [0.4, 0.5) is 0 Å². The van der Waals surface area contributed by atoms with E-state index in [0.717, 1.165) is 24.2 Å². The number of aldehydes is 1. The number of rotatable bonds is 9. The van der Waals surface area contributed by atoms with Crippen molar-refractivity contribution >= 4 is 36.6 Å². The number of thiol groups is 2. The Balaban J connectivity index is 0. The third kappa shape index (κ3) is 15.8. The molecule has 0 saturated heterocycles. The molecule has 5 N–H and O–H groups in total. The molecule has 1 aliphatic rings. The third-order valence-corrected chi connectivity index (χ3v) is 5.90. The van der Waals surface area contributed by atoms with Crippen LogP contribution in [0.5, 0.6) is 0 Å². The number of nitrogens with two attached hydrogens (primary N) is 2. The molecule has 5 nitrogen and oxygen atoms in total. The summed E-state index contributed by atoms with van der Waals surface area (Å²) in [4.78, 5) is 11.1. The fourth-order valence-electron chi connectivity index (χ4n) is 3.68. The van der Waals surface area contributed by atoms with E-state index < -0.39 is 0 Å². The highest BCUT2D eigenvalue weighted by atomic mass is 32.1. The normalized spacial score (nSPS) is 14.0. The third-order valence-electron chi connectivity index (χ3n) is 5.26. The van der Waals surface area contributed by atoms with Gasteiger partial charge in [0.05, 0.1) is 5.70 Å². The first-order valence-corrected chi connectivity index (χ1v) is 12.5. The molecule has 1 aromatic carbocycles. The van der Waals surface area contributed by atoms with E-state index in [1.54, 1.807) is 4.31 Å². The molecule has 0 unspecified atom stereocenters. The Bertz CT molecular complexity index is 605. The number of carbonyl (C=O) groups excluding carboxylic acids is 1. The fourth-order valence-corrected chi connectivity index (χ4v) is 4.11. The second-order valence-electron chi connectivity index (χ2n) is 7.75. The predicted molar refractivity (Wildman–Crippen MR) is 147 cm³/mol. The van der Waals surface area contributed by atoms with Crippen molar-refractivity contribution in [3.05, 3.63) is 41.1 Å². The van der Waals surface area contributed by atoms with Crippen LogP contribution in [0.3, 0.4) is 0 Å². The van der Waals surface area contributed by atoms with Crippen LogP contribution >= 0.6 is 25.4 Å². The Kier molecular flexibility index (Phi) is 24.0. The summed E-state index contributed by atoms with van der Waals surface area (Å²) in [5.74, 6) is 1.11. The van der Waals surface area contributed by atoms with Crippen LogP contribution in [0.25, 0.3) is 4.91 Å². The van der Waals surface area contributed by atoms with Gasteiger partial charge in [0, 0.05) is 18.6 Å². The first-order valence-electron chi connectivity index (χ1n) is 11.6. The van der Waals surface area contributed by atoms with Gasteiger partial charge < -0.3 is 16.6 Å². The zero-order valence-corrected chi connectivity index (χ0v) is 22.4. The van der Waals surface area contributed by atoms with E-state index in [2.05, 4.69) is 38.1 Å². The summed E-state index contributed by atoms with van der Waals surface area (Å²) in [5, 5.41) is 7.00. The second kappa shape index (κ2) is 23.2. The second-order valence-corrected chi connectivity index (χ2v) is 8.88. The maximum absolute atomic E-state index is 10.6. The lowest BCUT2D eigenvalue weighted by molar-refractivity contribution is -0.104. The van der Waals surface area contributed by atoms with Crippen molar-refractivity contribution in [1.82, 2.24) is 4.31 Å². The maximum Gasteiger partial charge on any atom is 0.166 e. The van der Waals surface area contributed by atoms with E-state index in [1.807, 2.05) is 31.3 Å². The molecular weight excluding hydrogens is 438 g/mol. The molecule has 1 aromatic rings. The molecule has 1 fully saturated rings. The number of hydrogen-bond donors (Lipinski definition) is 5. The Labute approximate surface area is 208 Å². The van der Waals surface area contributed by atoms with Crippen LogP contribution in [0.1, 0.15) is 82.3 Å². The van der Waals surface area contributed by atoms with E-state index >= 15 is 0 Å². The molecule has 0 amide bonds. The van der Waals surface area contributed by atoms with Gasteiger partial charge in [0.2, 0.25) is 0 Å². The molecule has 0 radical (unpaired) electrons. The quantitative estimate of drug-likeness (QED) is 0.139. The lowest BCUT2D eigenvalue weighted by Gasteiger charge is -2.21. The smallest absolute Gasteiger partial charge is 0.166 e. The summed E-state index contributed by atoms with van der Waals surface area (Å²) in [7, 11) is 4.35. The van der Waals surface area contributed by atoms with Crippen molar-refractivity contribution in [3.63, 3.8) is 0 Å². The Morgan fingerprint density at radius 2 is 1.72 bits per heavy atom. The average Bonchev–Trinajstić information content (AvgIpc) is 2.84. The molecule has 32 heavy (non-hydrogen) atoms. The maximum atomic E-state index is 10.6. The molecule has 0 aromatic heterocycles. The molecule has 2 rings (SSSR count). The molecule has 1 aliphatic carbocycles. The molecule has 0 aliphatic heterocycles. The first-order chi connectivity index (χ1) is 15.5. The van der Waals surface area contributed by atoms with Crippen LogP contribution in [0, 0.1) is 5.92 Å². The van der Waals surface area contributed by atoms with Gasteiger partial charge in [-0.3, -0.25) is 9.10 Å². The number of aliphatic hydroxyl groups is 1. The highest BCUT2D eigenvalue weighted by Gasteiger charge is 2.12. The van der Waals surface area contributed by atoms with Gasteiger partial charge in [0.1, 0.15) is 0 Å². The van der Waals surface area contributed by atoms with Gasteiger partial charge >= 0.3 is 0 Å². The molecule has 0 spiro atoms. The molecule has 186 valence electrons. The van der Waals surface area contributed by atoms with E-state index in [9.17, 15) is 4.79 Å². The van der Waals surface area contributed by atoms with E-state index in [-0.39, 0.29) is 5.70 Å². The summed E-state index contributed by atoms with van der Waals surface area (Å²) in [6.07, 6.45) is 15.5. The summed E-state index contributed by atoms with van der Waals surface area (Å²) in [6, 6.07) is 7.64. The molecular formula is C25H47N3O2S2. The van der Waals surface area contributed by atoms with Crippen molar-refractivity contribution < 1.29 is 9.90 Å². The van der Waals surface area contributed by atoms with Crippen molar-refractivity contribution in [2.45, 2.75) is 77.7 Å². The van der Waals surface area contributed by atoms with Gasteiger partial charge in [-0.25, -0.2) is 0 Å². The van der Waals surface area contributed by atoms with E-state index in [4.69, 9.17) is 10.8 Å². The number of allylic oxidation sites excluding steroid dienone is 1. The highest BCUT2D eigenvalue weighted by molar-refractivity contribution is 7.90. The number of carbonyl (C=O) groups is 1. The summed E-state index contributed by atoms with van der Waals surface area (Å²) in [5.41, 5.74) is 12.1. The van der Waals surface area contributed by atoms with Gasteiger partial charge in [0.15, 0.2) is 6.29 Å². The Morgan fingerprint density at radius 3 is 2.25 bits per heavy atom. The summed E-state index contributed by atoms with van der Waals surface area (Å²) < 4.78 is 1.75. The monoisotopic (exact) mass is 485 g/mol. The number of nitrogens with zero attached hydrogens (tertiary/aromatic N) is 1. The Hall–Kier alpha value is -0.990. The largest absolute Gasteiger partial charge is 0.400 e. The van der Waals surface area contributed by atoms with Crippen LogP contribution in [0.15, 0.2) is 30.0 Å². The molecule has 7 heteroatoms. The summed E-state index contributed by atoms with van der Waals surface area (Å²) in [6.45, 7) is 2.94. The number of benzene rings is 1. The Morgan fingerprint density at radius 1 is 1.12 bits per heavy atom. The molecule has 0 heterocycles. The first kappa shape index (κ1) is 33.2. The minimum Gasteiger partial charge on any atom is -0.400 e. The van der Waals surface area contributed by atoms with E-state index in [0.29, 0.717) is 17.7 Å². The summed E-state index contributed by atoms with van der Waals surface area (Å²) >= 11 is 8.46. The zero-order chi connectivity index (χ0) is 24.8. The SMILES string of the molecule is CCCCCCC1CCCCC1.CN.CN(S)Cc1ccccc1/C(S)=C(/N)C=O.CO. The molecule has 1 saturated carbocycles. The van der Waals surface area contributed by atoms with Crippen LogP contribution in [-0.4, -0.2) is 36.9 Å². The molecule has 0 bridgehead atoms. The lowest BCUT2D eigenvalue weighted by atomic mass is 9.85. The van der Waals surface area contributed by atoms with Crippen molar-refractivity contribution in [2.75, 3.05) is 21.2 Å². The van der Waals surface area contributed by atoms with Crippen LogP contribution in [0.2, 0.25) is 0 Å². The van der Waals surface area contributed by atoms with E-state index in [1.165, 1.54) is 71.3 Å². The predicted octanol–water partition coefficient (Wildman–Crippen LogP) is 5.44.